The molecular weight excluding hydrogens is 242 g/mol. The number of rotatable bonds is 5. The van der Waals surface area contributed by atoms with Gasteiger partial charge in [-0.3, -0.25) is 4.79 Å². The number of carbonyl (C=O) groups is 1. The minimum atomic E-state index is -0.371. The van der Waals surface area contributed by atoms with E-state index < -0.39 is 0 Å². The van der Waals surface area contributed by atoms with Gasteiger partial charge in [-0.1, -0.05) is 37.3 Å². The SMILES string of the molecule is CC1CCOC1C(=O)N[C@H](CO)Cc1ccccc1. The molecule has 0 aliphatic carbocycles. The summed E-state index contributed by atoms with van der Waals surface area (Å²) in [6.07, 6.45) is 1.18. The molecule has 104 valence electrons. The van der Waals surface area contributed by atoms with Gasteiger partial charge in [0, 0.05) is 6.61 Å². The molecule has 1 aliphatic heterocycles. The second kappa shape index (κ2) is 6.68. The minimum Gasteiger partial charge on any atom is -0.394 e. The quantitative estimate of drug-likeness (QED) is 0.837. The third kappa shape index (κ3) is 3.78. The second-order valence-corrected chi connectivity index (χ2v) is 5.14. The third-order valence-corrected chi connectivity index (χ3v) is 3.54. The van der Waals surface area contributed by atoms with Crippen molar-refractivity contribution in [3.05, 3.63) is 35.9 Å². The van der Waals surface area contributed by atoms with E-state index in [4.69, 9.17) is 4.74 Å². The lowest BCUT2D eigenvalue weighted by Crippen LogP contribution is -2.45. The lowest BCUT2D eigenvalue weighted by molar-refractivity contribution is -0.132. The van der Waals surface area contributed by atoms with E-state index in [2.05, 4.69) is 5.32 Å². The number of hydrogen-bond acceptors (Lipinski definition) is 3. The highest BCUT2D eigenvalue weighted by Crippen LogP contribution is 2.20. The van der Waals surface area contributed by atoms with Crippen LogP contribution in [0.15, 0.2) is 30.3 Å². The van der Waals surface area contributed by atoms with Crippen LogP contribution in [0.2, 0.25) is 0 Å². The molecule has 1 fully saturated rings. The summed E-state index contributed by atoms with van der Waals surface area (Å²) in [5.74, 6) is 0.135. The molecule has 1 saturated heterocycles. The lowest BCUT2D eigenvalue weighted by Gasteiger charge is -2.20. The van der Waals surface area contributed by atoms with Gasteiger partial charge >= 0.3 is 0 Å². The van der Waals surface area contributed by atoms with Gasteiger partial charge in [0.05, 0.1) is 12.6 Å². The summed E-state index contributed by atoms with van der Waals surface area (Å²) in [5.41, 5.74) is 1.10. The van der Waals surface area contributed by atoms with Crippen LogP contribution in [-0.4, -0.2) is 36.4 Å². The molecule has 3 atom stereocenters. The van der Waals surface area contributed by atoms with E-state index in [1.165, 1.54) is 0 Å². The summed E-state index contributed by atoms with van der Waals surface area (Å²) < 4.78 is 5.43. The maximum absolute atomic E-state index is 12.1. The molecule has 0 radical (unpaired) electrons. The van der Waals surface area contributed by atoms with Crippen LogP contribution < -0.4 is 5.32 Å². The number of aliphatic hydroxyl groups excluding tert-OH is 1. The largest absolute Gasteiger partial charge is 0.394 e. The first-order valence-corrected chi connectivity index (χ1v) is 6.77. The summed E-state index contributed by atoms with van der Waals surface area (Å²) in [7, 11) is 0. The summed E-state index contributed by atoms with van der Waals surface area (Å²) in [5, 5.41) is 12.3. The minimum absolute atomic E-state index is 0.0677. The van der Waals surface area contributed by atoms with Crippen LogP contribution in [-0.2, 0) is 16.0 Å². The smallest absolute Gasteiger partial charge is 0.249 e. The maximum Gasteiger partial charge on any atom is 0.249 e. The molecule has 0 saturated carbocycles. The first-order chi connectivity index (χ1) is 9.20. The van der Waals surface area contributed by atoms with Crippen LogP contribution in [0.3, 0.4) is 0 Å². The van der Waals surface area contributed by atoms with Crippen molar-refractivity contribution in [2.24, 2.45) is 5.92 Å². The molecule has 4 heteroatoms. The Morgan fingerprint density at radius 3 is 2.79 bits per heavy atom. The van der Waals surface area contributed by atoms with Gasteiger partial charge in [0.1, 0.15) is 6.10 Å². The Kier molecular flexibility index (Phi) is 4.93. The van der Waals surface area contributed by atoms with E-state index in [1.54, 1.807) is 0 Å². The zero-order valence-electron chi connectivity index (χ0n) is 11.2. The Balaban J connectivity index is 1.90. The molecule has 2 rings (SSSR count). The highest BCUT2D eigenvalue weighted by molar-refractivity contribution is 5.81. The molecular formula is C15H21NO3. The Morgan fingerprint density at radius 1 is 1.47 bits per heavy atom. The van der Waals surface area contributed by atoms with Crippen molar-refractivity contribution in [1.29, 1.82) is 0 Å². The van der Waals surface area contributed by atoms with Gasteiger partial charge in [0.15, 0.2) is 0 Å². The van der Waals surface area contributed by atoms with E-state index in [0.717, 1.165) is 12.0 Å². The van der Waals surface area contributed by atoms with Crippen molar-refractivity contribution in [3.63, 3.8) is 0 Å². The zero-order chi connectivity index (χ0) is 13.7. The van der Waals surface area contributed by atoms with Gasteiger partial charge in [-0.15, -0.1) is 0 Å². The molecule has 1 aliphatic rings. The van der Waals surface area contributed by atoms with E-state index in [9.17, 15) is 9.90 Å². The Hall–Kier alpha value is -1.39. The van der Waals surface area contributed by atoms with Gasteiger partial charge in [-0.2, -0.15) is 0 Å². The molecule has 19 heavy (non-hydrogen) atoms. The van der Waals surface area contributed by atoms with E-state index in [-0.39, 0.29) is 30.6 Å². The fourth-order valence-corrected chi connectivity index (χ4v) is 2.37. The van der Waals surface area contributed by atoms with Crippen LogP contribution in [0.1, 0.15) is 18.9 Å². The van der Waals surface area contributed by atoms with Gasteiger partial charge < -0.3 is 15.2 Å². The second-order valence-electron chi connectivity index (χ2n) is 5.14. The molecule has 4 nitrogen and oxygen atoms in total. The molecule has 1 amide bonds. The summed E-state index contributed by atoms with van der Waals surface area (Å²) >= 11 is 0. The maximum atomic E-state index is 12.1. The standard InChI is InChI=1S/C15H21NO3/c1-11-7-8-19-14(11)15(18)16-13(10-17)9-12-5-3-2-4-6-12/h2-6,11,13-14,17H,7-10H2,1H3,(H,16,18)/t11?,13-,14?/m0/s1. The van der Waals surface area contributed by atoms with Crippen molar-refractivity contribution in [3.8, 4) is 0 Å². The van der Waals surface area contributed by atoms with Gasteiger partial charge in [-0.05, 0) is 24.3 Å². The number of benzene rings is 1. The van der Waals surface area contributed by atoms with Crippen molar-refractivity contribution in [2.75, 3.05) is 13.2 Å². The number of hydrogen-bond donors (Lipinski definition) is 2. The number of ether oxygens (including phenoxy) is 1. The first kappa shape index (κ1) is 14.0. The number of nitrogens with one attached hydrogen (secondary N) is 1. The van der Waals surface area contributed by atoms with Crippen molar-refractivity contribution in [2.45, 2.75) is 31.9 Å². The van der Waals surface area contributed by atoms with Gasteiger partial charge in [-0.25, -0.2) is 0 Å². The van der Waals surface area contributed by atoms with Crippen LogP contribution in [0.4, 0.5) is 0 Å². The fourth-order valence-electron chi connectivity index (χ4n) is 2.37. The van der Waals surface area contributed by atoms with E-state index >= 15 is 0 Å². The van der Waals surface area contributed by atoms with Crippen molar-refractivity contribution < 1.29 is 14.6 Å². The van der Waals surface area contributed by atoms with Crippen molar-refractivity contribution >= 4 is 5.91 Å². The molecule has 2 N–H and O–H groups in total. The topological polar surface area (TPSA) is 58.6 Å². The summed E-state index contributed by atoms with van der Waals surface area (Å²) in [4.78, 5) is 12.1. The average Bonchev–Trinajstić information content (AvgIpc) is 2.85. The van der Waals surface area contributed by atoms with Crippen LogP contribution in [0.25, 0.3) is 0 Å². The predicted molar refractivity (Wildman–Crippen MR) is 72.7 cm³/mol. The highest BCUT2D eigenvalue weighted by atomic mass is 16.5. The molecule has 1 aromatic carbocycles. The van der Waals surface area contributed by atoms with Crippen LogP contribution in [0, 0.1) is 5.92 Å². The Morgan fingerprint density at radius 2 is 2.21 bits per heavy atom. The monoisotopic (exact) mass is 263 g/mol. The van der Waals surface area contributed by atoms with E-state index in [0.29, 0.717) is 13.0 Å². The predicted octanol–water partition coefficient (Wildman–Crippen LogP) is 1.13. The average molecular weight is 263 g/mol. The fraction of sp³-hybridized carbons (Fsp3) is 0.533. The highest BCUT2D eigenvalue weighted by Gasteiger charge is 2.31. The van der Waals surface area contributed by atoms with Crippen LogP contribution in [0.5, 0.6) is 0 Å². The zero-order valence-corrected chi connectivity index (χ0v) is 11.2. The normalized spacial score (nSPS) is 24.1. The summed E-state index contributed by atoms with van der Waals surface area (Å²) in [6, 6.07) is 9.57. The molecule has 0 spiro atoms. The lowest BCUT2D eigenvalue weighted by atomic mass is 10.0. The van der Waals surface area contributed by atoms with Crippen molar-refractivity contribution in [1.82, 2.24) is 5.32 Å². The molecule has 1 heterocycles. The molecule has 2 unspecified atom stereocenters. The summed E-state index contributed by atoms with van der Waals surface area (Å²) in [6.45, 7) is 2.59. The molecule has 0 aromatic heterocycles. The molecule has 1 aromatic rings. The van der Waals surface area contributed by atoms with Gasteiger partial charge in [0.25, 0.3) is 0 Å². The number of carbonyl (C=O) groups excluding carboxylic acids is 1. The Labute approximate surface area is 113 Å². The Bertz CT molecular complexity index is 407. The third-order valence-electron chi connectivity index (χ3n) is 3.54. The van der Waals surface area contributed by atoms with Crippen LogP contribution >= 0.6 is 0 Å². The number of amides is 1. The van der Waals surface area contributed by atoms with Gasteiger partial charge in [0.2, 0.25) is 5.91 Å². The number of aliphatic hydroxyl groups is 1. The van der Waals surface area contributed by atoms with E-state index in [1.807, 2.05) is 37.3 Å². The first-order valence-electron chi connectivity index (χ1n) is 6.77. The molecule has 0 bridgehead atoms.